The average Bonchev–Trinajstić information content (AvgIpc) is 3.16. The molecule has 0 saturated carbocycles. The molecule has 0 bridgehead atoms. The number of carbonyl (C=O) groups is 2. The number of ether oxygens (including phenoxy) is 6. The molecule has 0 aliphatic heterocycles. The van der Waals surface area contributed by atoms with E-state index in [4.69, 9.17) is 46.5 Å². The lowest BCUT2D eigenvalue weighted by Crippen LogP contribution is -2.15. The Kier molecular flexibility index (Phi) is 16.5. The first kappa shape index (κ1) is 44.0. The summed E-state index contributed by atoms with van der Waals surface area (Å²) in [5, 5.41) is -0.537. The molecule has 14 nitrogen and oxygen atoms in total. The van der Waals surface area contributed by atoms with Crippen molar-refractivity contribution in [3.8, 4) is 23.0 Å². The molecule has 3 rings (SSSR count). The first-order valence-corrected chi connectivity index (χ1v) is 19.7. The van der Waals surface area contributed by atoms with Crippen LogP contribution in [0.2, 0.25) is 0 Å². The second kappa shape index (κ2) is 20.3. The van der Waals surface area contributed by atoms with E-state index >= 15 is 0 Å². The van der Waals surface area contributed by atoms with Crippen molar-refractivity contribution in [2.24, 2.45) is 0 Å². The van der Waals surface area contributed by atoms with E-state index in [9.17, 15) is 18.7 Å². The maximum atomic E-state index is 13.2. The zero-order valence-corrected chi connectivity index (χ0v) is 33.9. The number of hydrogen-bond donors (Lipinski definition) is 0. The number of esters is 2. The Labute approximate surface area is 316 Å². The van der Waals surface area contributed by atoms with Gasteiger partial charge in [-0.2, -0.15) is 0 Å². The minimum Gasteiger partial charge on any atom is -0.493 e. The van der Waals surface area contributed by atoms with Gasteiger partial charge in [0.05, 0.1) is 26.4 Å². The van der Waals surface area contributed by atoms with Gasteiger partial charge in [0.1, 0.15) is 23.8 Å². The van der Waals surface area contributed by atoms with Gasteiger partial charge in [-0.15, -0.1) is 0 Å². The molecule has 0 heterocycles. The number of carbonyl (C=O) groups excluding carboxylic acids is 2. The zero-order valence-electron chi connectivity index (χ0n) is 32.1. The predicted octanol–water partition coefficient (Wildman–Crippen LogP) is 8.42. The predicted molar refractivity (Wildman–Crippen MR) is 203 cm³/mol. The van der Waals surface area contributed by atoms with Crippen molar-refractivity contribution in [3.05, 3.63) is 93.5 Å². The lowest BCUT2D eigenvalue weighted by Gasteiger charge is -2.18. The molecule has 3 aromatic carbocycles. The Bertz CT molecular complexity index is 1750. The summed E-state index contributed by atoms with van der Waals surface area (Å²) in [7, 11) is -0.191. The van der Waals surface area contributed by atoms with Crippen LogP contribution >= 0.6 is 15.2 Å². The third-order valence-electron chi connectivity index (χ3n) is 7.45. The van der Waals surface area contributed by atoms with E-state index in [0.717, 1.165) is 11.1 Å². The summed E-state index contributed by atoms with van der Waals surface area (Å²) in [6.45, 7) is 7.03. The molecule has 54 heavy (non-hydrogen) atoms. The van der Waals surface area contributed by atoms with Crippen molar-refractivity contribution in [1.82, 2.24) is 0 Å². The second-order valence-electron chi connectivity index (χ2n) is 11.9. The second-order valence-corrected chi connectivity index (χ2v) is 16.3. The minimum atomic E-state index is -3.97. The van der Waals surface area contributed by atoms with E-state index in [0.29, 0.717) is 34.1 Å². The van der Waals surface area contributed by atoms with Crippen molar-refractivity contribution in [2.75, 3.05) is 42.7 Å². The van der Waals surface area contributed by atoms with Crippen molar-refractivity contribution < 1.29 is 65.2 Å². The Morgan fingerprint density at radius 3 is 1.15 bits per heavy atom. The molecule has 0 radical (unpaired) electrons. The van der Waals surface area contributed by atoms with E-state index < -0.39 is 39.3 Å². The van der Waals surface area contributed by atoms with Gasteiger partial charge in [0.15, 0.2) is 23.0 Å². The summed E-state index contributed by atoms with van der Waals surface area (Å²) in [5.74, 6) is -0.0516. The topological polar surface area (TPSA) is 161 Å². The lowest BCUT2D eigenvalue weighted by molar-refractivity contribution is -0.142. The van der Waals surface area contributed by atoms with Crippen molar-refractivity contribution in [1.29, 1.82) is 0 Å². The summed E-state index contributed by atoms with van der Waals surface area (Å²) >= 11 is 0. The van der Waals surface area contributed by atoms with Crippen LogP contribution in [0, 0.1) is 0 Å². The highest BCUT2D eigenvalue weighted by molar-refractivity contribution is 7.60. The number of methoxy groups -OCH3 is 2. The van der Waals surface area contributed by atoms with Gasteiger partial charge < -0.3 is 46.5 Å². The molecule has 0 unspecified atom stereocenters. The largest absolute Gasteiger partial charge is 0.493 e. The quantitative estimate of drug-likeness (QED) is 0.0609. The smallest absolute Gasteiger partial charge is 0.368 e. The van der Waals surface area contributed by atoms with E-state index in [-0.39, 0.29) is 23.8 Å². The molecule has 0 N–H and O–H groups in total. The Balaban J connectivity index is 1.81. The fourth-order valence-corrected chi connectivity index (χ4v) is 7.00. The fraction of sp³-hybridized carbons (Fsp3) is 0.368. The highest BCUT2D eigenvalue weighted by atomic mass is 31.2. The molecule has 0 aromatic heterocycles. The van der Waals surface area contributed by atoms with Crippen molar-refractivity contribution in [3.63, 3.8) is 0 Å². The molecule has 0 amide bonds. The molecule has 3 aromatic rings. The van der Waals surface area contributed by atoms with Gasteiger partial charge in [-0.25, -0.2) is 9.59 Å². The molecular formula is C38H48O14P2. The third-order valence-corrected chi connectivity index (χ3v) is 11.2. The van der Waals surface area contributed by atoms with Gasteiger partial charge in [-0.3, -0.25) is 9.13 Å². The fourth-order valence-electron chi connectivity index (χ4n) is 4.75. The molecule has 0 aliphatic carbocycles. The van der Waals surface area contributed by atoms with E-state index in [1.807, 2.05) is 24.3 Å². The average molecular weight is 791 g/mol. The molecule has 16 heteroatoms. The molecule has 0 aliphatic rings. The summed E-state index contributed by atoms with van der Waals surface area (Å²) < 4.78 is 80.5. The van der Waals surface area contributed by atoms with Crippen LogP contribution in [0.4, 0.5) is 0 Å². The highest BCUT2D eigenvalue weighted by Crippen LogP contribution is 2.57. The van der Waals surface area contributed by atoms with Crippen LogP contribution in [0.15, 0.2) is 71.3 Å². The highest BCUT2D eigenvalue weighted by Gasteiger charge is 2.36. The molecular weight excluding hydrogens is 742 g/mol. The molecule has 0 atom stereocenters. The summed E-state index contributed by atoms with van der Waals surface area (Å²) in [4.78, 5) is 25.7. The molecule has 0 saturated heterocycles. The van der Waals surface area contributed by atoms with Crippen LogP contribution in [0.1, 0.15) is 49.9 Å². The summed E-state index contributed by atoms with van der Waals surface area (Å²) in [6.07, 6.45) is 1.82. The van der Waals surface area contributed by atoms with Crippen LogP contribution in [-0.4, -0.2) is 66.8 Å². The summed E-state index contributed by atoms with van der Waals surface area (Å²) in [6, 6.07) is 17.4. The van der Waals surface area contributed by atoms with E-state index in [1.165, 1.54) is 54.8 Å². The molecule has 0 spiro atoms. The monoisotopic (exact) mass is 790 g/mol. The van der Waals surface area contributed by atoms with Crippen LogP contribution in [0.3, 0.4) is 0 Å². The van der Waals surface area contributed by atoms with E-state index in [2.05, 4.69) is 0 Å². The van der Waals surface area contributed by atoms with Gasteiger partial charge in [0, 0.05) is 28.4 Å². The molecule has 0 fully saturated rings. The third kappa shape index (κ3) is 11.8. The van der Waals surface area contributed by atoms with Crippen LogP contribution in [0.5, 0.6) is 23.0 Å². The number of hydrogen-bond acceptors (Lipinski definition) is 14. The maximum Gasteiger partial charge on any atom is 0.368 e. The standard InChI is InChI=1S/C38H48O14P2/c1-25(2)51-37(39)35(53(41,45-7)46-8)21-29-15-17-31(43-5)33(19-29)49-23-27-11-13-28(14-12-27)24-50-34-20-30(16-18-32(34)44-6)22-36(38(40)52-26(3)4)54(42,47-9)48-10/h11-22,25-26H,23-24H2,1-10H3/b35-21+,36-22+. The van der Waals surface area contributed by atoms with E-state index in [1.54, 1.807) is 64.1 Å². The van der Waals surface area contributed by atoms with Crippen LogP contribution in [-0.2, 0) is 59.5 Å². The van der Waals surface area contributed by atoms with Crippen molar-refractivity contribution >= 4 is 39.3 Å². The first-order valence-electron chi connectivity index (χ1n) is 16.6. The Hall–Kier alpha value is -4.42. The van der Waals surface area contributed by atoms with Crippen LogP contribution in [0.25, 0.3) is 12.2 Å². The zero-order chi connectivity index (χ0) is 40.1. The van der Waals surface area contributed by atoms with Gasteiger partial charge in [0.25, 0.3) is 0 Å². The first-order chi connectivity index (χ1) is 25.6. The number of benzene rings is 3. The number of rotatable bonds is 20. The molecule has 294 valence electrons. The Morgan fingerprint density at radius 1 is 0.537 bits per heavy atom. The SMILES string of the molecule is COc1ccc(/C=C(\C(=O)OC(C)C)P(=O)(OC)OC)cc1OCc1ccc(COc2cc(/C=C(\C(=O)OC(C)C)P(=O)(OC)OC)ccc2OC)cc1. The summed E-state index contributed by atoms with van der Waals surface area (Å²) in [5.41, 5.74) is 2.60. The van der Waals surface area contributed by atoms with Gasteiger partial charge >= 0.3 is 27.1 Å². The van der Waals surface area contributed by atoms with Crippen molar-refractivity contribution in [2.45, 2.75) is 53.1 Å². The van der Waals surface area contributed by atoms with Gasteiger partial charge in [-0.1, -0.05) is 36.4 Å². The van der Waals surface area contributed by atoms with Gasteiger partial charge in [0.2, 0.25) is 0 Å². The minimum absolute atomic E-state index is 0.165. The Morgan fingerprint density at radius 2 is 0.870 bits per heavy atom. The van der Waals surface area contributed by atoms with Crippen LogP contribution < -0.4 is 18.9 Å². The van der Waals surface area contributed by atoms with Gasteiger partial charge in [-0.05, 0) is 86.4 Å². The maximum absolute atomic E-state index is 13.2. The lowest BCUT2D eigenvalue weighted by atomic mass is 10.1. The normalized spacial score (nSPS) is 12.4.